The van der Waals surface area contributed by atoms with Crippen LogP contribution in [0.5, 0.6) is 0 Å². The van der Waals surface area contributed by atoms with E-state index < -0.39 is 0 Å². The summed E-state index contributed by atoms with van der Waals surface area (Å²) in [6.45, 7) is 16.7. The van der Waals surface area contributed by atoms with Crippen molar-refractivity contribution < 1.29 is 14.2 Å². The summed E-state index contributed by atoms with van der Waals surface area (Å²) in [6, 6.07) is 0. The van der Waals surface area contributed by atoms with E-state index in [0.29, 0.717) is 29.6 Å². The van der Waals surface area contributed by atoms with E-state index in [1.54, 1.807) is 0 Å². The second kappa shape index (κ2) is 13.4. The van der Waals surface area contributed by atoms with E-state index in [1.165, 1.54) is 70.6 Å². The summed E-state index contributed by atoms with van der Waals surface area (Å²) >= 11 is 0. The zero-order valence-electron chi connectivity index (χ0n) is 21.1. The fourth-order valence-electron chi connectivity index (χ4n) is 5.11. The van der Waals surface area contributed by atoms with E-state index in [0.717, 1.165) is 31.7 Å². The molecule has 0 amide bonds. The number of hydrogen-bond acceptors (Lipinski definition) is 3. The molecule has 0 radical (unpaired) electrons. The molecule has 0 bridgehead atoms. The molecule has 2 saturated carbocycles. The summed E-state index contributed by atoms with van der Waals surface area (Å²) in [5, 5.41) is 0. The van der Waals surface area contributed by atoms with Gasteiger partial charge in [-0.1, -0.05) is 60.8 Å². The molecule has 0 aromatic carbocycles. The first-order chi connectivity index (χ1) is 14.4. The van der Waals surface area contributed by atoms with Gasteiger partial charge in [-0.3, -0.25) is 0 Å². The predicted molar refractivity (Wildman–Crippen MR) is 127 cm³/mol. The SMILES string of the molecule is CCC(C)COC1CCC(C(C)(C)C2CCC(OCC3CO3)CC2)CC1.CCCC. The lowest BCUT2D eigenvalue weighted by Gasteiger charge is -2.46. The van der Waals surface area contributed by atoms with E-state index in [4.69, 9.17) is 14.2 Å². The van der Waals surface area contributed by atoms with Gasteiger partial charge in [0.15, 0.2) is 0 Å². The van der Waals surface area contributed by atoms with Crippen LogP contribution in [0.4, 0.5) is 0 Å². The van der Waals surface area contributed by atoms with Gasteiger partial charge in [0.25, 0.3) is 0 Å². The molecule has 3 fully saturated rings. The molecule has 0 spiro atoms. The van der Waals surface area contributed by atoms with Crippen molar-refractivity contribution in [1.29, 1.82) is 0 Å². The molecular weight excluding hydrogens is 372 g/mol. The summed E-state index contributed by atoms with van der Waals surface area (Å²) in [5.41, 5.74) is 0.465. The second-order valence-corrected chi connectivity index (χ2v) is 10.9. The van der Waals surface area contributed by atoms with E-state index in [2.05, 4.69) is 41.5 Å². The van der Waals surface area contributed by atoms with Crippen molar-refractivity contribution >= 4 is 0 Å². The Kier molecular flexibility index (Phi) is 11.7. The minimum absolute atomic E-state index is 0.405. The van der Waals surface area contributed by atoms with Crippen LogP contribution in [0.15, 0.2) is 0 Å². The van der Waals surface area contributed by atoms with Gasteiger partial charge < -0.3 is 14.2 Å². The van der Waals surface area contributed by atoms with Crippen molar-refractivity contribution in [3.05, 3.63) is 0 Å². The fraction of sp³-hybridized carbons (Fsp3) is 1.00. The van der Waals surface area contributed by atoms with Crippen LogP contribution in [-0.4, -0.2) is 38.1 Å². The van der Waals surface area contributed by atoms with Crippen LogP contribution < -0.4 is 0 Å². The molecule has 0 aromatic rings. The zero-order valence-corrected chi connectivity index (χ0v) is 21.1. The Morgan fingerprint density at radius 1 is 0.800 bits per heavy atom. The summed E-state index contributed by atoms with van der Waals surface area (Å²) in [5.74, 6) is 2.43. The number of unbranched alkanes of at least 4 members (excludes halogenated alkanes) is 1. The Labute approximate surface area is 188 Å². The summed E-state index contributed by atoms with van der Waals surface area (Å²) in [6.07, 6.45) is 15.7. The van der Waals surface area contributed by atoms with E-state index in [1.807, 2.05) is 0 Å². The molecule has 3 nitrogen and oxygen atoms in total. The molecule has 178 valence electrons. The lowest BCUT2D eigenvalue weighted by Crippen LogP contribution is -2.39. The topological polar surface area (TPSA) is 31.0 Å². The van der Waals surface area contributed by atoms with Gasteiger partial charge in [-0.2, -0.15) is 0 Å². The first-order valence-electron chi connectivity index (χ1n) is 13.2. The van der Waals surface area contributed by atoms with Gasteiger partial charge in [0, 0.05) is 6.61 Å². The average molecular weight is 425 g/mol. The Bertz CT molecular complexity index is 427. The first kappa shape index (κ1) is 26.1. The van der Waals surface area contributed by atoms with Crippen LogP contribution in [0.25, 0.3) is 0 Å². The molecule has 3 aliphatic rings. The normalized spacial score (nSPS) is 32.8. The highest BCUT2D eigenvalue weighted by Crippen LogP contribution is 2.48. The number of epoxide rings is 1. The summed E-state index contributed by atoms with van der Waals surface area (Å²) in [4.78, 5) is 0. The second-order valence-electron chi connectivity index (χ2n) is 10.9. The zero-order chi connectivity index (χ0) is 22.0. The lowest BCUT2D eigenvalue weighted by atomic mass is 9.60. The molecule has 1 aliphatic heterocycles. The van der Waals surface area contributed by atoms with Crippen molar-refractivity contribution in [2.45, 2.75) is 130 Å². The minimum atomic E-state index is 0.405. The molecule has 3 rings (SSSR count). The number of hydrogen-bond donors (Lipinski definition) is 0. The van der Waals surface area contributed by atoms with Gasteiger partial charge >= 0.3 is 0 Å². The minimum Gasteiger partial charge on any atom is -0.378 e. The predicted octanol–water partition coefficient (Wildman–Crippen LogP) is 7.41. The largest absolute Gasteiger partial charge is 0.378 e. The third kappa shape index (κ3) is 8.79. The maximum absolute atomic E-state index is 6.18. The molecule has 2 unspecified atom stereocenters. The highest BCUT2D eigenvalue weighted by Gasteiger charge is 2.41. The van der Waals surface area contributed by atoms with Gasteiger partial charge in [0.2, 0.25) is 0 Å². The average Bonchev–Trinajstić information content (AvgIpc) is 3.61. The van der Waals surface area contributed by atoms with Crippen LogP contribution in [0.3, 0.4) is 0 Å². The Morgan fingerprint density at radius 2 is 1.27 bits per heavy atom. The maximum atomic E-state index is 6.18. The van der Waals surface area contributed by atoms with E-state index in [9.17, 15) is 0 Å². The summed E-state index contributed by atoms with van der Waals surface area (Å²) < 4.78 is 17.5. The molecule has 0 aromatic heterocycles. The fourth-order valence-corrected chi connectivity index (χ4v) is 5.11. The molecule has 30 heavy (non-hydrogen) atoms. The Hall–Kier alpha value is -0.120. The monoisotopic (exact) mass is 424 g/mol. The van der Waals surface area contributed by atoms with Crippen LogP contribution in [-0.2, 0) is 14.2 Å². The van der Waals surface area contributed by atoms with Crippen LogP contribution >= 0.6 is 0 Å². The van der Waals surface area contributed by atoms with Gasteiger partial charge in [0.1, 0.15) is 6.10 Å². The van der Waals surface area contributed by atoms with Crippen LogP contribution in [0.1, 0.15) is 112 Å². The van der Waals surface area contributed by atoms with Gasteiger partial charge in [0.05, 0.1) is 25.4 Å². The summed E-state index contributed by atoms with van der Waals surface area (Å²) in [7, 11) is 0. The molecule has 2 aliphatic carbocycles. The third-order valence-corrected chi connectivity index (χ3v) is 8.19. The van der Waals surface area contributed by atoms with E-state index in [-0.39, 0.29) is 0 Å². The van der Waals surface area contributed by atoms with Crippen molar-refractivity contribution in [3.8, 4) is 0 Å². The third-order valence-electron chi connectivity index (χ3n) is 8.19. The van der Waals surface area contributed by atoms with Gasteiger partial charge in [-0.15, -0.1) is 0 Å². The number of ether oxygens (including phenoxy) is 3. The molecular formula is C27H52O3. The van der Waals surface area contributed by atoms with Crippen molar-refractivity contribution in [2.75, 3.05) is 19.8 Å². The molecule has 0 N–H and O–H groups in total. The van der Waals surface area contributed by atoms with Crippen LogP contribution in [0, 0.1) is 23.2 Å². The van der Waals surface area contributed by atoms with Crippen molar-refractivity contribution in [1.82, 2.24) is 0 Å². The number of rotatable bonds is 10. The lowest BCUT2D eigenvalue weighted by molar-refractivity contribution is -0.0414. The molecule has 2 atom stereocenters. The molecule has 3 heteroatoms. The van der Waals surface area contributed by atoms with Gasteiger partial charge in [-0.05, 0) is 74.5 Å². The van der Waals surface area contributed by atoms with Crippen molar-refractivity contribution in [2.24, 2.45) is 23.2 Å². The highest BCUT2D eigenvalue weighted by molar-refractivity contribution is 4.91. The van der Waals surface area contributed by atoms with E-state index >= 15 is 0 Å². The van der Waals surface area contributed by atoms with Crippen LogP contribution in [0.2, 0.25) is 0 Å². The standard InChI is InChI=1S/C23H42O3.C4H10/c1-5-17(2)14-24-20-10-6-18(7-11-20)23(3,4)19-8-12-21(13-9-19)25-15-22-16-26-22;1-3-4-2/h17-22H,5-16H2,1-4H3;3-4H2,1-2H3. The highest BCUT2D eigenvalue weighted by atomic mass is 16.6. The Balaban J connectivity index is 0.000000735. The van der Waals surface area contributed by atoms with Crippen molar-refractivity contribution in [3.63, 3.8) is 0 Å². The smallest absolute Gasteiger partial charge is 0.104 e. The molecule has 1 saturated heterocycles. The molecule has 1 heterocycles. The maximum Gasteiger partial charge on any atom is 0.104 e. The first-order valence-corrected chi connectivity index (χ1v) is 13.2. The quantitative estimate of drug-likeness (QED) is 0.342. The van der Waals surface area contributed by atoms with Gasteiger partial charge in [-0.25, -0.2) is 0 Å². The Morgan fingerprint density at radius 3 is 1.67 bits per heavy atom.